The molecule has 6 unspecified atom stereocenters. The Balaban J connectivity index is 2.32. The van der Waals surface area contributed by atoms with Crippen LogP contribution >= 0.6 is 0 Å². The third-order valence-electron chi connectivity index (χ3n) is 11.0. The minimum atomic E-state index is -5.05. The van der Waals surface area contributed by atoms with Gasteiger partial charge in [-0.2, -0.15) is 8.42 Å². The van der Waals surface area contributed by atoms with Gasteiger partial charge in [0, 0.05) is 13.0 Å². The number of hydrogen-bond acceptors (Lipinski definition) is 11. The largest absolute Gasteiger partial charge is 0.457 e. The van der Waals surface area contributed by atoms with Crippen LogP contribution in [-0.2, 0) is 38.3 Å². The van der Waals surface area contributed by atoms with Gasteiger partial charge in [0.25, 0.3) is 0 Å². The normalized spacial score (nSPS) is 20.6. The summed E-state index contributed by atoms with van der Waals surface area (Å²) in [7, 11) is -5.05. The number of esters is 1. The van der Waals surface area contributed by atoms with Crippen molar-refractivity contribution in [2.45, 2.75) is 250 Å². The van der Waals surface area contributed by atoms with Gasteiger partial charge in [-0.1, -0.05) is 194 Å². The maximum Gasteiger partial charge on any atom is 0.397 e. The SMILES string of the molecule is CCCCCCCCCCCCCCCCCCCCCCCC(=O)OC(COCCCCCCCCCCC)COC1OC(CO)C(O)C(OS(=O)(=O)O)C1O. The van der Waals surface area contributed by atoms with Gasteiger partial charge in [0.2, 0.25) is 0 Å². The molecule has 0 aliphatic carbocycles. The summed E-state index contributed by atoms with van der Waals surface area (Å²) >= 11 is 0. The lowest BCUT2D eigenvalue weighted by Gasteiger charge is -2.41. The number of carbonyl (C=O) groups excluding carboxylic acids is 1. The van der Waals surface area contributed by atoms with Crippen LogP contribution < -0.4 is 0 Å². The lowest BCUT2D eigenvalue weighted by Crippen LogP contribution is -2.60. The average Bonchev–Trinajstić information content (AvgIpc) is 3.18. The number of hydrogen-bond donors (Lipinski definition) is 4. The van der Waals surface area contributed by atoms with Gasteiger partial charge < -0.3 is 34.3 Å². The van der Waals surface area contributed by atoms with E-state index in [1.54, 1.807) is 0 Å². The molecule has 0 aromatic carbocycles. The molecule has 1 saturated heterocycles. The fourth-order valence-electron chi connectivity index (χ4n) is 7.44. The number of rotatable bonds is 41. The standard InChI is InChI=1S/C44H86O12S/c1-3-5-7-9-11-13-14-15-16-17-18-19-20-21-22-23-24-25-27-29-31-33-40(46)54-38(36-52-34-32-30-28-26-12-10-8-6-4-2)37-53-44-42(48)43(56-57(49,50)51)41(47)39(35-45)55-44/h38-39,41-45,47-48H,3-37H2,1-2H3,(H,49,50,51). The van der Waals surface area contributed by atoms with Gasteiger partial charge in [-0.25, -0.2) is 4.18 Å². The predicted molar refractivity (Wildman–Crippen MR) is 225 cm³/mol. The zero-order chi connectivity index (χ0) is 41.8. The molecule has 0 bridgehead atoms. The number of aliphatic hydroxyl groups is 3. The highest BCUT2D eigenvalue weighted by molar-refractivity contribution is 7.80. The van der Waals surface area contributed by atoms with Gasteiger partial charge in [0.05, 0.1) is 19.8 Å². The van der Waals surface area contributed by atoms with E-state index in [9.17, 15) is 28.5 Å². The Hall–Kier alpha value is -0.900. The fourth-order valence-corrected chi connectivity index (χ4v) is 7.95. The molecule has 0 saturated carbocycles. The second-order valence-corrected chi connectivity index (χ2v) is 17.4. The van der Waals surface area contributed by atoms with Crippen molar-refractivity contribution in [1.29, 1.82) is 0 Å². The van der Waals surface area contributed by atoms with Crippen LogP contribution in [0.15, 0.2) is 0 Å². The second kappa shape index (κ2) is 36.9. The minimum Gasteiger partial charge on any atom is -0.457 e. The van der Waals surface area contributed by atoms with Crippen molar-refractivity contribution in [3.8, 4) is 0 Å². The summed E-state index contributed by atoms with van der Waals surface area (Å²) in [4.78, 5) is 12.8. The van der Waals surface area contributed by atoms with Gasteiger partial charge in [-0.15, -0.1) is 0 Å². The minimum absolute atomic E-state index is 0.0435. The third kappa shape index (κ3) is 30.7. The highest BCUT2D eigenvalue weighted by Gasteiger charge is 2.48. The molecular formula is C44H86O12S. The van der Waals surface area contributed by atoms with Gasteiger partial charge >= 0.3 is 16.4 Å². The van der Waals surface area contributed by atoms with Crippen LogP contribution in [0.25, 0.3) is 0 Å². The molecule has 1 heterocycles. The molecule has 0 aromatic heterocycles. The maximum atomic E-state index is 12.8. The Labute approximate surface area is 347 Å². The van der Waals surface area contributed by atoms with E-state index in [-0.39, 0.29) is 19.6 Å². The molecule has 1 aliphatic heterocycles. The molecule has 0 amide bonds. The van der Waals surface area contributed by atoms with Gasteiger partial charge in [0.15, 0.2) is 6.29 Å². The number of ether oxygens (including phenoxy) is 4. The van der Waals surface area contributed by atoms with Crippen molar-refractivity contribution in [2.24, 2.45) is 0 Å². The first kappa shape index (κ1) is 54.1. The van der Waals surface area contributed by atoms with Crippen LogP contribution in [0, 0.1) is 0 Å². The van der Waals surface area contributed by atoms with Crippen LogP contribution in [0.2, 0.25) is 0 Å². The molecule has 1 rings (SSSR count). The summed E-state index contributed by atoms with van der Waals surface area (Å²) in [5, 5.41) is 30.6. The Morgan fingerprint density at radius 3 is 1.40 bits per heavy atom. The van der Waals surface area contributed by atoms with E-state index in [1.807, 2.05) is 0 Å². The van der Waals surface area contributed by atoms with E-state index in [4.69, 9.17) is 23.5 Å². The first-order valence-electron chi connectivity index (χ1n) is 23.3. The van der Waals surface area contributed by atoms with E-state index in [2.05, 4.69) is 18.0 Å². The number of carbonyl (C=O) groups is 1. The highest BCUT2D eigenvalue weighted by Crippen LogP contribution is 2.26. The summed E-state index contributed by atoms with van der Waals surface area (Å²) in [5.74, 6) is -0.394. The summed E-state index contributed by atoms with van der Waals surface area (Å²) in [6.45, 7) is 4.01. The van der Waals surface area contributed by atoms with Crippen molar-refractivity contribution in [1.82, 2.24) is 0 Å². The monoisotopic (exact) mass is 839 g/mol. The molecule has 1 aliphatic rings. The molecule has 4 N–H and O–H groups in total. The first-order chi connectivity index (χ1) is 27.6. The third-order valence-corrected chi connectivity index (χ3v) is 11.4. The molecule has 340 valence electrons. The number of unbranched alkanes of at least 4 members (excludes halogenated alkanes) is 28. The fraction of sp³-hybridized carbons (Fsp3) is 0.977. The van der Waals surface area contributed by atoms with Crippen molar-refractivity contribution in [2.75, 3.05) is 26.4 Å². The molecule has 0 spiro atoms. The highest BCUT2D eigenvalue weighted by atomic mass is 32.3. The Kier molecular flexibility index (Phi) is 35.0. The summed E-state index contributed by atoms with van der Waals surface area (Å²) in [6, 6.07) is 0. The molecule has 0 radical (unpaired) electrons. The van der Waals surface area contributed by atoms with E-state index in [0.29, 0.717) is 13.0 Å². The Morgan fingerprint density at radius 2 is 1.00 bits per heavy atom. The smallest absolute Gasteiger partial charge is 0.397 e. The molecule has 0 aromatic rings. The van der Waals surface area contributed by atoms with Crippen LogP contribution in [0.3, 0.4) is 0 Å². The average molecular weight is 839 g/mol. The topological polar surface area (TPSA) is 178 Å². The van der Waals surface area contributed by atoms with E-state index < -0.39 is 59.8 Å². The summed E-state index contributed by atoms with van der Waals surface area (Å²) in [6.07, 6.45) is 28.7. The van der Waals surface area contributed by atoms with Crippen molar-refractivity contribution < 1.29 is 56.2 Å². The second-order valence-electron chi connectivity index (χ2n) is 16.4. The Morgan fingerprint density at radius 1 is 0.596 bits per heavy atom. The molecular weight excluding hydrogens is 753 g/mol. The van der Waals surface area contributed by atoms with Crippen LogP contribution in [0.5, 0.6) is 0 Å². The van der Waals surface area contributed by atoms with E-state index >= 15 is 0 Å². The lowest BCUT2D eigenvalue weighted by molar-refractivity contribution is -0.301. The van der Waals surface area contributed by atoms with Crippen molar-refractivity contribution in [3.63, 3.8) is 0 Å². The van der Waals surface area contributed by atoms with Gasteiger partial charge in [-0.3, -0.25) is 9.35 Å². The molecule has 6 atom stereocenters. The van der Waals surface area contributed by atoms with Crippen LogP contribution in [0.1, 0.15) is 213 Å². The molecule has 1 fully saturated rings. The first-order valence-corrected chi connectivity index (χ1v) is 24.7. The predicted octanol–water partition coefficient (Wildman–Crippen LogP) is 9.69. The van der Waals surface area contributed by atoms with Crippen molar-refractivity contribution in [3.05, 3.63) is 0 Å². The quantitative estimate of drug-likeness (QED) is 0.0261. The number of aliphatic hydroxyl groups excluding tert-OH is 3. The molecule has 12 nitrogen and oxygen atoms in total. The van der Waals surface area contributed by atoms with Gasteiger partial charge in [0.1, 0.15) is 30.5 Å². The van der Waals surface area contributed by atoms with E-state index in [1.165, 1.54) is 148 Å². The Bertz CT molecular complexity index is 1020. The summed E-state index contributed by atoms with van der Waals surface area (Å²) in [5.41, 5.74) is 0. The van der Waals surface area contributed by atoms with Crippen molar-refractivity contribution >= 4 is 16.4 Å². The summed E-state index contributed by atoms with van der Waals surface area (Å²) < 4.78 is 58.9. The maximum absolute atomic E-state index is 12.8. The molecule has 13 heteroatoms. The lowest BCUT2D eigenvalue weighted by atomic mass is 9.99. The molecule has 57 heavy (non-hydrogen) atoms. The van der Waals surface area contributed by atoms with Gasteiger partial charge in [-0.05, 0) is 12.8 Å². The van der Waals surface area contributed by atoms with Crippen LogP contribution in [-0.4, -0.2) is 97.5 Å². The van der Waals surface area contributed by atoms with E-state index in [0.717, 1.165) is 38.5 Å². The zero-order valence-electron chi connectivity index (χ0n) is 36.2. The zero-order valence-corrected chi connectivity index (χ0v) is 37.0. The van der Waals surface area contributed by atoms with Crippen LogP contribution in [0.4, 0.5) is 0 Å².